The van der Waals surface area contributed by atoms with E-state index in [0.717, 1.165) is 17.5 Å². The van der Waals surface area contributed by atoms with Gasteiger partial charge in [-0.15, -0.1) is 0 Å². The molecule has 1 heteroatoms. The SMILES string of the molecule is C[C@H](CCCc1ccc(C=Cc2ccc(F)cc2)cc1)c1ccccc1. The zero-order valence-electron chi connectivity index (χ0n) is 15.2. The van der Waals surface area contributed by atoms with Gasteiger partial charge in [0.15, 0.2) is 0 Å². The van der Waals surface area contributed by atoms with Crippen molar-refractivity contribution in [2.45, 2.75) is 32.1 Å². The summed E-state index contributed by atoms with van der Waals surface area (Å²) in [5.74, 6) is 0.405. The summed E-state index contributed by atoms with van der Waals surface area (Å²) in [6.45, 7) is 2.30. The van der Waals surface area contributed by atoms with E-state index in [9.17, 15) is 4.39 Å². The van der Waals surface area contributed by atoms with E-state index >= 15 is 0 Å². The van der Waals surface area contributed by atoms with Gasteiger partial charge in [-0.25, -0.2) is 4.39 Å². The van der Waals surface area contributed by atoms with Crippen LogP contribution in [-0.4, -0.2) is 0 Å². The summed E-state index contributed by atoms with van der Waals surface area (Å²) in [6, 6.07) is 26.0. The Labute approximate surface area is 156 Å². The van der Waals surface area contributed by atoms with Gasteiger partial charge in [0, 0.05) is 0 Å². The summed E-state index contributed by atoms with van der Waals surface area (Å²) < 4.78 is 12.9. The first kappa shape index (κ1) is 18.1. The number of halogens is 1. The average molecular weight is 344 g/mol. The van der Waals surface area contributed by atoms with E-state index in [1.54, 1.807) is 12.1 Å². The zero-order chi connectivity index (χ0) is 18.2. The van der Waals surface area contributed by atoms with Gasteiger partial charge in [0.25, 0.3) is 0 Å². The summed E-state index contributed by atoms with van der Waals surface area (Å²) >= 11 is 0. The third kappa shape index (κ3) is 5.42. The molecule has 0 heterocycles. The second kappa shape index (κ2) is 9.15. The van der Waals surface area contributed by atoms with Crippen LogP contribution in [0.5, 0.6) is 0 Å². The molecule has 0 unspecified atom stereocenters. The molecule has 0 N–H and O–H groups in total. The highest BCUT2D eigenvalue weighted by Crippen LogP contribution is 2.21. The number of aryl methyl sites for hydroxylation is 1. The molecule has 0 nitrogen and oxygen atoms in total. The molecule has 132 valence electrons. The molecule has 0 spiro atoms. The summed E-state index contributed by atoms with van der Waals surface area (Å²) in [6.07, 6.45) is 7.58. The molecule has 0 aliphatic carbocycles. The van der Waals surface area contributed by atoms with E-state index in [1.807, 2.05) is 6.08 Å². The Morgan fingerprint density at radius 2 is 1.35 bits per heavy atom. The van der Waals surface area contributed by atoms with Crippen molar-refractivity contribution >= 4 is 12.2 Å². The van der Waals surface area contributed by atoms with Crippen LogP contribution < -0.4 is 0 Å². The van der Waals surface area contributed by atoms with Gasteiger partial charge >= 0.3 is 0 Å². The van der Waals surface area contributed by atoms with Crippen molar-refractivity contribution < 1.29 is 4.39 Å². The van der Waals surface area contributed by atoms with Crippen LogP contribution in [0.25, 0.3) is 12.2 Å². The van der Waals surface area contributed by atoms with Crippen molar-refractivity contribution in [3.05, 3.63) is 107 Å². The summed E-state index contributed by atoms with van der Waals surface area (Å²) in [7, 11) is 0. The molecule has 0 bridgehead atoms. The van der Waals surface area contributed by atoms with Gasteiger partial charge < -0.3 is 0 Å². The van der Waals surface area contributed by atoms with Crippen LogP contribution in [0.2, 0.25) is 0 Å². The molecule has 0 aliphatic rings. The number of rotatable bonds is 7. The maximum absolute atomic E-state index is 12.9. The van der Waals surface area contributed by atoms with E-state index in [1.165, 1.54) is 36.1 Å². The van der Waals surface area contributed by atoms with Gasteiger partial charge in [0.05, 0.1) is 0 Å². The molecule has 0 saturated heterocycles. The fraction of sp³-hybridized carbons (Fsp3) is 0.200. The van der Waals surface area contributed by atoms with Crippen molar-refractivity contribution in [3.63, 3.8) is 0 Å². The van der Waals surface area contributed by atoms with E-state index in [2.05, 4.69) is 67.6 Å². The van der Waals surface area contributed by atoms with Crippen LogP contribution in [0.4, 0.5) is 4.39 Å². The molecule has 3 rings (SSSR count). The monoisotopic (exact) mass is 344 g/mol. The van der Waals surface area contributed by atoms with Gasteiger partial charge in [0.2, 0.25) is 0 Å². The third-order valence-corrected chi connectivity index (χ3v) is 4.79. The molecular formula is C25H25F. The lowest BCUT2D eigenvalue weighted by atomic mass is 9.94. The molecule has 3 aromatic carbocycles. The third-order valence-electron chi connectivity index (χ3n) is 4.79. The Hall–Kier alpha value is -2.67. The molecule has 0 aromatic heterocycles. The average Bonchev–Trinajstić information content (AvgIpc) is 2.69. The molecule has 3 aromatic rings. The predicted molar refractivity (Wildman–Crippen MR) is 110 cm³/mol. The van der Waals surface area contributed by atoms with Crippen molar-refractivity contribution in [2.24, 2.45) is 0 Å². The van der Waals surface area contributed by atoms with Gasteiger partial charge in [-0.05, 0) is 59.6 Å². The normalized spacial score (nSPS) is 12.4. The van der Waals surface area contributed by atoms with Crippen LogP contribution in [-0.2, 0) is 6.42 Å². The summed E-state index contributed by atoms with van der Waals surface area (Å²) in [5, 5.41) is 0. The fourth-order valence-electron chi connectivity index (χ4n) is 3.12. The smallest absolute Gasteiger partial charge is 0.123 e. The molecule has 0 amide bonds. The molecule has 0 aliphatic heterocycles. The van der Waals surface area contributed by atoms with Crippen molar-refractivity contribution in [3.8, 4) is 0 Å². The van der Waals surface area contributed by atoms with Crippen LogP contribution in [0.3, 0.4) is 0 Å². The van der Waals surface area contributed by atoms with E-state index in [4.69, 9.17) is 0 Å². The Morgan fingerprint density at radius 1 is 0.769 bits per heavy atom. The lowest BCUT2D eigenvalue weighted by molar-refractivity contribution is 0.628. The van der Waals surface area contributed by atoms with Gasteiger partial charge in [0.1, 0.15) is 5.82 Å². The topological polar surface area (TPSA) is 0 Å². The highest BCUT2D eigenvalue weighted by Gasteiger charge is 2.04. The Kier molecular flexibility index (Phi) is 6.38. The molecule has 0 saturated carbocycles. The lowest BCUT2D eigenvalue weighted by Gasteiger charge is -2.11. The second-order valence-electron chi connectivity index (χ2n) is 6.83. The molecular weight excluding hydrogens is 319 g/mol. The second-order valence-corrected chi connectivity index (χ2v) is 6.83. The quantitative estimate of drug-likeness (QED) is 0.400. The minimum Gasteiger partial charge on any atom is -0.207 e. The van der Waals surface area contributed by atoms with Crippen molar-refractivity contribution in [2.75, 3.05) is 0 Å². The first-order chi connectivity index (χ1) is 12.7. The van der Waals surface area contributed by atoms with Gasteiger partial charge in [-0.3, -0.25) is 0 Å². The van der Waals surface area contributed by atoms with E-state index in [0.29, 0.717) is 5.92 Å². The standard InChI is InChI=1S/C25H25F/c1-20(24-8-3-2-4-9-24)6-5-7-21-10-12-22(13-11-21)14-15-23-16-18-25(26)19-17-23/h2-4,8-20H,5-7H2,1H3/t20-/m1/s1. The van der Waals surface area contributed by atoms with Crippen LogP contribution in [0.15, 0.2) is 78.9 Å². The van der Waals surface area contributed by atoms with Crippen molar-refractivity contribution in [1.82, 2.24) is 0 Å². The van der Waals surface area contributed by atoms with Crippen LogP contribution >= 0.6 is 0 Å². The first-order valence-corrected chi connectivity index (χ1v) is 9.28. The largest absolute Gasteiger partial charge is 0.207 e. The summed E-state index contributed by atoms with van der Waals surface area (Å²) in [4.78, 5) is 0. The zero-order valence-corrected chi connectivity index (χ0v) is 15.2. The maximum atomic E-state index is 12.9. The van der Waals surface area contributed by atoms with Crippen LogP contribution in [0, 0.1) is 5.82 Å². The number of benzene rings is 3. The number of hydrogen-bond acceptors (Lipinski definition) is 0. The highest BCUT2D eigenvalue weighted by atomic mass is 19.1. The molecule has 26 heavy (non-hydrogen) atoms. The highest BCUT2D eigenvalue weighted by molar-refractivity contribution is 5.69. The number of hydrogen-bond donors (Lipinski definition) is 0. The molecule has 0 fully saturated rings. The Morgan fingerprint density at radius 3 is 1.96 bits per heavy atom. The van der Waals surface area contributed by atoms with Gasteiger partial charge in [-0.2, -0.15) is 0 Å². The Balaban J connectivity index is 1.49. The maximum Gasteiger partial charge on any atom is 0.123 e. The van der Waals surface area contributed by atoms with E-state index < -0.39 is 0 Å². The van der Waals surface area contributed by atoms with Crippen LogP contribution in [0.1, 0.15) is 47.9 Å². The molecule has 1 atom stereocenters. The minimum atomic E-state index is -0.201. The predicted octanol–water partition coefficient (Wildman–Crippen LogP) is 7.12. The first-order valence-electron chi connectivity index (χ1n) is 9.28. The van der Waals surface area contributed by atoms with E-state index in [-0.39, 0.29) is 5.82 Å². The fourth-order valence-corrected chi connectivity index (χ4v) is 3.12. The lowest BCUT2D eigenvalue weighted by Crippen LogP contribution is -1.95. The van der Waals surface area contributed by atoms with Gasteiger partial charge in [-0.1, -0.05) is 85.8 Å². The Bertz CT molecular complexity index is 814. The minimum absolute atomic E-state index is 0.201. The van der Waals surface area contributed by atoms with Crippen molar-refractivity contribution in [1.29, 1.82) is 0 Å². The molecule has 0 radical (unpaired) electrons. The summed E-state index contributed by atoms with van der Waals surface area (Å²) in [5.41, 5.74) is 4.97.